The second kappa shape index (κ2) is 7.13. The van der Waals surface area contributed by atoms with E-state index < -0.39 is 0 Å². The van der Waals surface area contributed by atoms with E-state index in [9.17, 15) is 5.11 Å². The summed E-state index contributed by atoms with van der Waals surface area (Å²) in [6.45, 7) is 9.03. The number of nitrogens with zero attached hydrogens (tertiary/aromatic N) is 2. The molecule has 0 spiro atoms. The van der Waals surface area contributed by atoms with E-state index in [0.717, 1.165) is 17.1 Å². The van der Waals surface area contributed by atoms with E-state index in [4.69, 9.17) is 5.11 Å². The third-order valence-electron chi connectivity index (χ3n) is 2.71. The van der Waals surface area contributed by atoms with E-state index in [1.54, 1.807) is 6.08 Å². The Labute approximate surface area is 109 Å². The Morgan fingerprint density at radius 2 is 2.11 bits per heavy atom. The molecule has 0 bridgehead atoms. The lowest BCUT2D eigenvalue weighted by Gasteiger charge is -2.23. The first-order valence-electron chi connectivity index (χ1n) is 6.20. The molecule has 0 aromatic carbocycles. The first kappa shape index (κ1) is 14.7. The monoisotopic (exact) mass is 250 g/mol. The van der Waals surface area contributed by atoms with Crippen molar-refractivity contribution in [3.05, 3.63) is 36.0 Å². The van der Waals surface area contributed by atoms with Crippen LogP contribution in [0, 0.1) is 0 Å². The van der Waals surface area contributed by atoms with Crippen molar-refractivity contribution in [3.8, 4) is 0 Å². The molecule has 0 unspecified atom stereocenters. The number of anilines is 1. The molecule has 1 aromatic rings. The number of rotatable bonds is 7. The molecule has 18 heavy (non-hydrogen) atoms. The van der Waals surface area contributed by atoms with Crippen molar-refractivity contribution < 1.29 is 10.2 Å². The van der Waals surface area contributed by atoms with E-state index >= 15 is 0 Å². The summed E-state index contributed by atoms with van der Waals surface area (Å²) in [6, 6.07) is 3.77. The van der Waals surface area contributed by atoms with Gasteiger partial charge < -0.3 is 15.1 Å². The smallest absolute Gasteiger partial charge is 0.129 e. The summed E-state index contributed by atoms with van der Waals surface area (Å²) in [5.74, 6) is 1.08. The molecule has 1 heterocycles. The number of aliphatic hydroxyl groups is 2. The van der Waals surface area contributed by atoms with Gasteiger partial charge in [0.2, 0.25) is 0 Å². The van der Waals surface area contributed by atoms with Crippen LogP contribution < -0.4 is 4.90 Å². The van der Waals surface area contributed by atoms with Gasteiger partial charge in [0.05, 0.1) is 13.2 Å². The lowest BCUT2D eigenvalue weighted by Crippen LogP contribution is -2.28. The first-order chi connectivity index (χ1) is 8.62. The van der Waals surface area contributed by atoms with Crippen LogP contribution in [-0.4, -0.2) is 34.9 Å². The van der Waals surface area contributed by atoms with Crippen molar-refractivity contribution in [1.82, 2.24) is 4.98 Å². The van der Waals surface area contributed by atoms with Crippen molar-refractivity contribution in [2.24, 2.45) is 0 Å². The lowest BCUT2D eigenvalue weighted by molar-refractivity contribution is 0.281. The van der Waals surface area contributed by atoms with Crippen LogP contribution >= 0.6 is 0 Å². The number of aromatic nitrogens is 1. The topological polar surface area (TPSA) is 56.6 Å². The summed E-state index contributed by atoms with van der Waals surface area (Å²) < 4.78 is 0. The maximum Gasteiger partial charge on any atom is 0.129 e. The fourth-order valence-electron chi connectivity index (χ4n) is 1.72. The third kappa shape index (κ3) is 3.82. The minimum Gasteiger partial charge on any atom is -0.395 e. The average Bonchev–Trinajstić information content (AvgIpc) is 2.37. The molecule has 0 aliphatic rings. The fourth-order valence-corrected chi connectivity index (χ4v) is 1.72. The van der Waals surface area contributed by atoms with Crippen LogP contribution in [0.5, 0.6) is 0 Å². The van der Waals surface area contributed by atoms with Gasteiger partial charge in [0.1, 0.15) is 5.82 Å². The highest BCUT2D eigenvalue weighted by Crippen LogP contribution is 2.20. The SMILES string of the molecule is C=CCN(CCO)c1cc(CO)cc(C(C)C)n1. The molecule has 4 nitrogen and oxygen atoms in total. The second-order valence-corrected chi connectivity index (χ2v) is 4.53. The molecule has 100 valence electrons. The van der Waals surface area contributed by atoms with Crippen molar-refractivity contribution >= 4 is 5.82 Å². The minimum atomic E-state index is -0.00368. The van der Waals surface area contributed by atoms with Crippen LogP contribution in [0.2, 0.25) is 0 Å². The molecule has 4 heteroatoms. The molecular formula is C14H22N2O2. The van der Waals surface area contributed by atoms with E-state index in [-0.39, 0.29) is 13.2 Å². The van der Waals surface area contributed by atoms with Gasteiger partial charge in [-0.15, -0.1) is 6.58 Å². The molecule has 0 amide bonds. The van der Waals surface area contributed by atoms with Gasteiger partial charge in [0.25, 0.3) is 0 Å². The second-order valence-electron chi connectivity index (χ2n) is 4.53. The normalized spacial score (nSPS) is 10.7. The largest absolute Gasteiger partial charge is 0.395 e. The molecule has 0 saturated heterocycles. The minimum absolute atomic E-state index is 0.00368. The Hall–Kier alpha value is -1.39. The number of pyridine rings is 1. The van der Waals surface area contributed by atoms with Crippen LogP contribution in [-0.2, 0) is 6.61 Å². The molecule has 0 aliphatic heterocycles. The van der Waals surface area contributed by atoms with Gasteiger partial charge in [0.15, 0.2) is 0 Å². The number of aliphatic hydroxyl groups excluding tert-OH is 2. The zero-order chi connectivity index (χ0) is 13.5. The molecule has 0 aliphatic carbocycles. The summed E-state index contributed by atoms with van der Waals surface area (Å²) in [6.07, 6.45) is 1.78. The molecule has 1 aromatic heterocycles. The molecule has 0 radical (unpaired) electrons. The highest BCUT2D eigenvalue weighted by atomic mass is 16.3. The fraction of sp³-hybridized carbons (Fsp3) is 0.500. The van der Waals surface area contributed by atoms with Crippen molar-refractivity contribution in [2.75, 3.05) is 24.6 Å². The van der Waals surface area contributed by atoms with E-state index in [1.807, 2.05) is 17.0 Å². The Morgan fingerprint density at radius 3 is 2.61 bits per heavy atom. The zero-order valence-electron chi connectivity index (χ0n) is 11.1. The van der Waals surface area contributed by atoms with Crippen LogP contribution in [0.25, 0.3) is 0 Å². The third-order valence-corrected chi connectivity index (χ3v) is 2.71. The van der Waals surface area contributed by atoms with Crippen LogP contribution in [0.3, 0.4) is 0 Å². The quantitative estimate of drug-likeness (QED) is 0.723. The molecule has 1 rings (SSSR count). The number of hydrogen-bond donors (Lipinski definition) is 2. The molecule has 2 N–H and O–H groups in total. The average molecular weight is 250 g/mol. The van der Waals surface area contributed by atoms with E-state index in [0.29, 0.717) is 19.0 Å². The van der Waals surface area contributed by atoms with Crippen molar-refractivity contribution in [2.45, 2.75) is 26.4 Å². The molecule has 0 saturated carbocycles. The van der Waals surface area contributed by atoms with Crippen molar-refractivity contribution in [1.29, 1.82) is 0 Å². The summed E-state index contributed by atoms with van der Waals surface area (Å²) >= 11 is 0. The Bertz CT molecular complexity index is 391. The van der Waals surface area contributed by atoms with Gasteiger partial charge in [-0.05, 0) is 23.6 Å². The standard InChI is InChI=1S/C14H22N2O2/c1-4-5-16(6-7-17)14-9-12(10-18)8-13(15-14)11(2)3/h4,8-9,11,17-18H,1,5-7,10H2,2-3H3. The summed E-state index contributed by atoms with van der Waals surface area (Å²) in [5, 5.41) is 18.4. The summed E-state index contributed by atoms with van der Waals surface area (Å²) in [7, 11) is 0. The van der Waals surface area contributed by atoms with Gasteiger partial charge in [-0.2, -0.15) is 0 Å². The van der Waals surface area contributed by atoms with E-state index in [1.165, 1.54) is 0 Å². The summed E-state index contributed by atoms with van der Waals surface area (Å²) in [4.78, 5) is 6.52. The van der Waals surface area contributed by atoms with Crippen LogP contribution in [0.15, 0.2) is 24.8 Å². The summed E-state index contributed by atoms with van der Waals surface area (Å²) in [5.41, 5.74) is 1.79. The van der Waals surface area contributed by atoms with Crippen LogP contribution in [0.1, 0.15) is 31.0 Å². The zero-order valence-corrected chi connectivity index (χ0v) is 11.1. The van der Waals surface area contributed by atoms with Gasteiger partial charge in [-0.25, -0.2) is 4.98 Å². The predicted molar refractivity (Wildman–Crippen MR) is 73.7 cm³/mol. The Morgan fingerprint density at radius 1 is 1.39 bits per heavy atom. The maximum atomic E-state index is 9.29. The van der Waals surface area contributed by atoms with Gasteiger partial charge in [0, 0.05) is 18.8 Å². The molecule has 0 fully saturated rings. The Kier molecular flexibility index (Phi) is 5.82. The van der Waals surface area contributed by atoms with Gasteiger partial charge in [-0.3, -0.25) is 0 Å². The predicted octanol–water partition coefficient (Wildman–Crippen LogP) is 1.68. The molecule has 0 atom stereocenters. The highest BCUT2D eigenvalue weighted by Gasteiger charge is 2.10. The van der Waals surface area contributed by atoms with E-state index in [2.05, 4.69) is 25.4 Å². The molecular weight excluding hydrogens is 228 g/mol. The first-order valence-corrected chi connectivity index (χ1v) is 6.20. The highest BCUT2D eigenvalue weighted by molar-refractivity contribution is 5.43. The maximum absolute atomic E-state index is 9.29. The van der Waals surface area contributed by atoms with Gasteiger partial charge >= 0.3 is 0 Å². The Balaban J connectivity index is 3.10. The number of hydrogen-bond acceptors (Lipinski definition) is 4. The van der Waals surface area contributed by atoms with Gasteiger partial charge in [-0.1, -0.05) is 19.9 Å². The van der Waals surface area contributed by atoms with Crippen molar-refractivity contribution in [3.63, 3.8) is 0 Å². The van der Waals surface area contributed by atoms with Crippen LogP contribution in [0.4, 0.5) is 5.82 Å². The lowest BCUT2D eigenvalue weighted by atomic mass is 10.1.